The topological polar surface area (TPSA) is 57.5 Å². The summed E-state index contributed by atoms with van der Waals surface area (Å²) in [7, 11) is 0. The number of benzene rings is 1. The van der Waals surface area contributed by atoms with Gasteiger partial charge in [0.2, 0.25) is 0 Å². The highest BCUT2D eigenvalue weighted by Gasteiger charge is 2.40. The molecule has 106 valence electrons. The Balaban J connectivity index is 2.80. The van der Waals surface area contributed by atoms with Gasteiger partial charge in [0.05, 0.1) is 5.92 Å². The van der Waals surface area contributed by atoms with E-state index in [4.69, 9.17) is 10.2 Å². The van der Waals surface area contributed by atoms with Crippen LogP contribution in [0.5, 0.6) is 0 Å². The normalized spacial score (nSPS) is 15.0. The Kier molecular flexibility index (Phi) is 4.88. The van der Waals surface area contributed by atoms with Gasteiger partial charge in [0.25, 0.3) is 0 Å². The number of alkyl halides is 3. The minimum absolute atomic E-state index is 0.00396. The summed E-state index contributed by atoms with van der Waals surface area (Å²) in [5, 5.41) is 17.7. The van der Waals surface area contributed by atoms with Crippen molar-refractivity contribution in [2.75, 3.05) is 0 Å². The molecule has 0 aromatic heterocycles. The van der Waals surface area contributed by atoms with Crippen molar-refractivity contribution in [1.29, 1.82) is 0 Å². The fraction of sp³-hybridized carbons (Fsp3) is 0.417. The van der Waals surface area contributed by atoms with Crippen molar-refractivity contribution in [1.82, 2.24) is 0 Å². The van der Waals surface area contributed by atoms with Crippen LogP contribution in [0, 0.1) is 11.7 Å². The number of rotatable bonds is 5. The van der Waals surface area contributed by atoms with E-state index in [0.29, 0.717) is 0 Å². The third-order valence-corrected chi connectivity index (χ3v) is 2.66. The summed E-state index contributed by atoms with van der Waals surface area (Å²) in [6.07, 6.45) is -9.04. The molecule has 0 saturated carbocycles. The number of hydrogen-bond donors (Lipinski definition) is 2. The highest BCUT2D eigenvalue weighted by atomic mass is 19.4. The van der Waals surface area contributed by atoms with Gasteiger partial charge >= 0.3 is 12.1 Å². The van der Waals surface area contributed by atoms with Crippen LogP contribution in [0.15, 0.2) is 24.3 Å². The van der Waals surface area contributed by atoms with Crippen molar-refractivity contribution in [3.8, 4) is 0 Å². The SMILES string of the molecule is O=C(O)C(Cc1ccccc1F)CC(O)C(F)(F)F. The Hall–Kier alpha value is -1.63. The molecule has 7 heteroatoms. The number of halogens is 4. The molecule has 0 amide bonds. The van der Waals surface area contributed by atoms with Gasteiger partial charge in [0.15, 0.2) is 6.10 Å². The molecule has 2 atom stereocenters. The van der Waals surface area contributed by atoms with Crippen molar-refractivity contribution in [2.24, 2.45) is 5.92 Å². The van der Waals surface area contributed by atoms with Gasteiger partial charge in [0.1, 0.15) is 5.82 Å². The largest absolute Gasteiger partial charge is 0.481 e. The standard InChI is InChI=1S/C12H12F4O3/c13-9-4-2-1-3-7(9)5-8(11(18)19)6-10(17)12(14,15)16/h1-4,8,10,17H,5-6H2,(H,18,19). The zero-order valence-corrected chi connectivity index (χ0v) is 9.69. The first-order valence-corrected chi connectivity index (χ1v) is 5.42. The molecule has 0 radical (unpaired) electrons. The van der Waals surface area contributed by atoms with Crippen LogP contribution in [-0.2, 0) is 11.2 Å². The van der Waals surface area contributed by atoms with Gasteiger partial charge in [-0.05, 0) is 24.5 Å². The van der Waals surface area contributed by atoms with Crippen molar-refractivity contribution < 1.29 is 32.6 Å². The van der Waals surface area contributed by atoms with E-state index in [1.807, 2.05) is 0 Å². The molecule has 2 unspecified atom stereocenters. The predicted molar refractivity (Wildman–Crippen MR) is 57.9 cm³/mol. The average molecular weight is 280 g/mol. The first-order valence-electron chi connectivity index (χ1n) is 5.42. The van der Waals surface area contributed by atoms with Crippen molar-refractivity contribution in [3.05, 3.63) is 35.6 Å². The van der Waals surface area contributed by atoms with Crippen LogP contribution < -0.4 is 0 Å². The Morgan fingerprint density at radius 3 is 2.32 bits per heavy atom. The maximum atomic E-state index is 13.3. The minimum Gasteiger partial charge on any atom is -0.481 e. The molecular formula is C12H12F4O3. The molecule has 3 nitrogen and oxygen atoms in total. The van der Waals surface area contributed by atoms with Crippen LogP contribution in [0.1, 0.15) is 12.0 Å². The molecule has 1 aromatic rings. The fourth-order valence-corrected chi connectivity index (χ4v) is 1.60. The summed E-state index contributed by atoms with van der Waals surface area (Å²) in [4.78, 5) is 10.9. The average Bonchev–Trinajstić information content (AvgIpc) is 2.29. The molecule has 0 bridgehead atoms. The van der Waals surface area contributed by atoms with E-state index in [1.54, 1.807) is 0 Å². The lowest BCUT2D eigenvalue weighted by Crippen LogP contribution is -2.33. The molecule has 1 rings (SSSR count). The predicted octanol–water partition coefficient (Wildman–Crippen LogP) is 2.38. The summed E-state index contributed by atoms with van der Waals surface area (Å²) in [5.41, 5.74) is 0.00396. The van der Waals surface area contributed by atoms with E-state index in [-0.39, 0.29) is 5.56 Å². The van der Waals surface area contributed by atoms with Gasteiger partial charge in [0, 0.05) is 0 Å². The van der Waals surface area contributed by atoms with Crippen LogP contribution in [0.4, 0.5) is 17.6 Å². The quantitative estimate of drug-likeness (QED) is 0.814. The van der Waals surface area contributed by atoms with Crippen LogP contribution >= 0.6 is 0 Å². The first-order chi connectivity index (χ1) is 8.71. The van der Waals surface area contributed by atoms with E-state index in [0.717, 1.165) is 6.07 Å². The van der Waals surface area contributed by atoms with E-state index in [9.17, 15) is 22.4 Å². The van der Waals surface area contributed by atoms with E-state index in [1.165, 1.54) is 18.2 Å². The minimum atomic E-state index is -4.89. The zero-order valence-electron chi connectivity index (χ0n) is 9.69. The van der Waals surface area contributed by atoms with E-state index in [2.05, 4.69) is 0 Å². The van der Waals surface area contributed by atoms with Crippen LogP contribution in [0.3, 0.4) is 0 Å². The van der Waals surface area contributed by atoms with Crippen molar-refractivity contribution >= 4 is 5.97 Å². The van der Waals surface area contributed by atoms with Crippen molar-refractivity contribution in [3.63, 3.8) is 0 Å². The fourth-order valence-electron chi connectivity index (χ4n) is 1.60. The summed E-state index contributed by atoms with van der Waals surface area (Å²) in [5.74, 6) is -3.70. The number of hydrogen-bond acceptors (Lipinski definition) is 2. The number of carboxylic acids is 1. The van der Waals surface area contributed by atoms with Gasteiger partial charge in [-0.2, -0.15) is 13.2 Å². The lowest BCUT2D eigenvalue weighted by Gasteiger charge is -2.19. The summed E-state index contributed by atoms with van der Waals surface area (Å²) in [6, 6.07) is 5.23. The number of aliphatic carboxylic acids is 1. The third-order valence-electron chi connectivity index (χ3n) is 2.66. The first kappa shape index (κ1) is 15.4. The molecule has 0 saturated heterocycles. The molecule has 0 aliphatic rings. The number of carbonyl (C=O) groups is 1. The molecular weight excluding hydrogens is 268 g/mol. The highest BCUT2D eigenvalue weighted by Crippen LogP contribution is 2.27. The van der Waals surface area contributed by atoms with Crippen molar-refractivity contribution in [2.45, 2.75) is 25.1 Å². The third kappa shape index (κ3) is 4.51. The second kappa shape index (κ2) is 6.01. The Morgan fingerprint density at radius 2 is 1.84 bits per heavy atom. The molecule has 0 aliphatic heterocycles. The summed E-state index contributed by atoms with van der Waals surface area (Å²) in [6.45, 7) is 0. The smallest absolute Gasteiger partial charge is 0.414 e. The second-order valence-electron chi connectivity index (χ2n) is 4.12. The highest BCUT2D eigenvalue weighted by molar-refractivity contribution is 5.70. The van der Waals surface area contributed by atoms with Crippen LogP contribution in [0.2, 0.25) is 0 Å². The number of aliphatic hydroxyl groups excluding tert-OH is 1. The molecule has 19 heavy (non-hydrogen) atoms. The Labute approximate surface area is 106 Å². The van der Waals surface area contributed by atoms with Gasteiger partial charge < -0.3 is 10.2 Å². The Bertz CT molecular complexity index is 445. The lowest BCUT2D eigenvalue weighted by molar-refractivity contribution is -0.209. The molecule has 0 fully saturated rings. The maximum absolute atomic E-state index is 13.3. The monoisotopic (exact) mass is 280 g/mol. The molecule has 0 spiro atoms. The van der Waals surface area contributed by atoms with E-state index >= 15 is 0 Å². The summed E-state index contributed by atoms with van der Waals surface area (Å²) >= 11 is 0. The number of aliphatic hydroxyl groups is 1. The zero-order chi connectivity index (χ0) is 14.6. The van der Waals surface area contributed by atoms with Crippen LogP contribution in [0.25, 0.3) is 0 Å². The van der Waals surface area contributed by atoms with Crippen LogP contribution in [-0.4, -0.2) is 28.5 Å². The molecule has 2 N–H and O–H groups in total. The Morgan fingerprint density at radius 1 is 1.26 bits per heavy atom. The lowest BCUT2D eigenvalue weighted by atomic mass is 9.93. The van der Waals surface area contributed by atoms with Gasteiger partial charge in [-0.15, -0.1) is 0 Å². The maximum Gasteiger partial charge on any atom is 0.414 e. The van der Waals surface area contributed by atoms with Gasteiger partial charge in [-0.25, -0.2) is 4.39 Å². The molecule has 0 heterocycles. The summed E-state index contributed by atoms with van der Waals surface area (Å²) < 4.78 is 49.8. The molecule has 1 aromatic carbocycles. The molecule has 0 aliphatic carbocycles. The van der Waals surface area contributed by atoms with Gasteiger partial charge in [-0.3, -0.25) is 4.79 Å². The van der Waals surface area contributed by atoms with Gasteiger partial charge in [-0.1, -0.05) is 18.2 Å². The number of carboxylic acid groups (broad SMARTS) is 1. The van der Waals surface area contributed by atoms with E-state index < -0.39 is 42.8 Å². The second-order valence-corrected chi connectivity index (χ2v) is 4.12.